The molecule has 0 aliphatic carbocycles. The maximum atomic E-state index is 4.34. The van der Waals surface area contributed by atoms with Gasteiger partial charge in [0.05, 0.1) is 0 Å². The van der Waals surface area contributed by atoms with Crippen molar-refractivity contribution in [3.05, 3.63) is 0 Å². The number of nitrogens with zero attached hydrogens (tertiary/aromatic N) is 3. The number of hydrogen-bond acceptors (Lipinski definition) is 3. The molecule has 14 heavy (non-hydrogen) atoms. The molecular formula is C11H23N3. The lowest BCUT2D eigenvalue weighted by Gasteiger charge is -2.33. The van der Waals surface area contributed by atoms with Crippen molar-refractivity contribution in [3.63, 3.8) is 0 Å². The first-order valence-corrected chi connectivity index (χ1v) is 5.47. The normalized spacial score (nSPS) is 22.2. The average Bonchev–Trinajstić information content (AvgIpc) is 2.33. The second-order valence-electron chi connectivity index (χ2n) is 5.31. The molecule has 0 aromatic rings. The van der Waals surface area contributed by atoms with Crippen molar-refractivity contribution in [2.45, 2.75) is 46.7 Å². The Morgan fingerprint density at radius 1 is 1.36 bits per heavy atom. The Kier molecular flexibility index (Phi) is 3.40. The molecule has 0 fully saturated rings. The smallest absolute Gasteiger partial charge is 0.118 e. The highest BCUT2D eigenvalue weighted by molar-refractivity contribution is 5.57. The third-order valence-corrected chi connectivity index (χ3v) is 2.40. The van der Waals surface area contributed by atoms with E-state index in [1.165, 1.54) is 12.8 Å². The summed E-state index contributed by atoms with van der Waals surface area (Å²) in [7, 11) is 2.06. The quantitative estimate of drug-likeness (QED) is 0.691. The van der Waals surface area contributed by atoms with E-state index in [-0.39, 0.29) is 0 Å². The molecule has 1 atom stereocenters. The topological polar surface area (TPSA) is 18.8 Å². The lowest BCUT2D eigenvalue weighted by atomic mass is 9.96. The summed E-state index contributed by atoms with van der Waals surface area (Å²) in [6.07, 6.45) is 4.84. The fraction of sp³-hybridized carbons (Fsp3) is 0.909. The van der Waals surface area contributed by atoms with E-state index in [0.29, 0.717) is 11.6 Å². The fourth-order valence-electron chi connectivity index (χ4n) is 1.82. The molecular weight excluding hydrogens is 174 g/mol. The molecule has 1 unspecified atom stereocenters. The minimum atomic E-state index is 0.336. The Bertz CT molecular complexity index is 205. The Morgan fingerprint density at radius 3 is 2.50 bits per heavy atom. The number of hydrogen-bond donors (Lipinski definition) is 0. The summed E-state index contributed by atoms with van der Waals surface area (Å²) in [5.41, 5.74) is 0.336. The van der Waals surface area contributed by atoms with Gasteiger partial charge in [-0.3, -0.25) is 5.01 Å². The lowest BCUT2D eigenvalue weighted by molar-refractivity contribution is 0.122. The van der Waals surface area contributed by atoms with Crippen LogP contribution in [0.15, 0.2) is 5.10 Å². The molecule has 0 spiro atoms. The molecule has 0 saturated carbocycles. The van der Waals surface area contributed by atoms with Gasteiger partial charge in [0.2, 0.25) is 0 Å². The zero-order valence-electron chi connectivity index (χ0n) is 10.1. The van der Waals surface area contributed by atoms with Crippen LogP contribution < -0.4 is 0 Å². The second-order valence-corrected chi connectivity index (χ2v) is 5.31. The third kappa shape index (κ3) is 2.89. The molecule has 0 aromatic carbocycles. The van der Waals surface area contributed by atoms with Gasteiger partial charge in [0.25, 0.3) is 0 Å². The van der Waals surface area contributed by atoms with Gasteiger partial charge in [0.1, 0.15) is 12.5 Å². The van der Waals surface area contributed by atoms with Gasteiger partial charge in [-0.15, -0.1) is 0 Å². The molecule has 1 heterocycles. The van der Waals surface area contributed by atoms with Crippen LogP contribution in [0.1, 0.15) is 40.5 Å². The predicted octanol–water partition coefficient (Wildman–Crippen LogP) is 2.35. The van der Waals surface area contributed by atoms with Crippen LogP contribution in [0.25, 0.3) is 0 Å². The van der Waals surface area contributed by atoms with Crippen molar-refractivity contribution in [2.24, 2.45) is 10.5 Å². The van der Waals surface area contributed by atoms with E-state index < -0.39 is 0 Å². The standard InChI is InChI=1S/C11H23N3/c1-6-7-10-13(5)12-9-14(10)8-11(2,3)4/h9-10H,6-8H2,1-5H3. The highest BCUT2D eigenvalue weighted by Crippen LogP contribution is 2.21. The number of rotatable bonds is 3. The Balaban J connectivity index is 2.55. The summed E-state index contributed by atoms with van der Waals surface area (Å²) in [5.74, 6) is 0. The van der Waals surface area contributed by atoms with Crippen LogP contribution in [0, 0.1) is 5.41 Å². The van der Waals surface area contributed by atoms with Gasteiger partial charge in [-0.05, 0) is 11.8 Å². The highest BCUT2D eigenvalue weighted by Gasteiger charge is 2.27. The van der Waals surface area contributed by atoms with Crippen LogP contribution in [-0.2, 0) is 0 Å². The SMILES string of the molecule is CCCC1N(CC(C)(C)C)C=NN1C. The molecule has 1 aliphatic rings. The third-order valence-electron chi connectivity index (χ3n) is 2.40. The van der Waals surface area contributed by atoms with Crippen molar-refractivity contribution in [1.82, 2.24) is 9.91 Å². The Morgan fingerprint density at radius 2 is 2.00 bits per heavy atom. The molecule has 1 aliphatic heterocycles. The van der Waals surface area contributed by atoms with E-state index in [1.54, 1.807) is 0 Å². The van der Waals surface area contributed by atoms with Gasteiger partial charge >= 0.3 is 0 Å². The molecule has 0 saturated heterocycles. The van der Waals surface area contributed by atoms with E-state index in [9.17, 15) is 0 Å². The lowest BCUT2D eigenvalue weighted by Crippen LogP contribution is -2.41. The second kappa shape index (κ2) is 4.20. The van der Waals surface area contributed by atoms with Crippen molar-refractivity contribution in [2.75, 3.05) is 13.6 Å². The first-order valence-electron chi connectivity index (χ1n) is 5.47. The van der Waals surface area contributed by atoms with E-state index in [1.807, 2.05) is 6.34 Å². The first kappa shape index (κ1) is 11.3. The van der Waals surface area contributed by atoms with E-state index in [0.717, 1.165) is 6.54 Å². The molecule has 1 rings (SSSR count). The van der Waals surface area contributed by atoms with E-state index in [2.05, 4.69) is 49.8 Å². The molecule has 0 radical (unpaired) electrons. The van der Waals surface area contributed by atoms with Crippen LogP contribution in [-0.4, -0.2) is 36.0 Å². The number of hydrazone groups is 1. The molecule has 0 amide bonds. The minimum absolute atomic E-state index is 0.336. The van der Waals surface area contributed by atoms with Crippen LogP contribution in [0.3, 0.4) is 0 Å². The van der Waals surface area contributed by atoms with Gasteiger partial charge in [0.15, 0.2) is 0 Å². The van der Waals surface area contributed by atoms with Crippen molar-refractivity contribution in [1.29, 1.82) is 0 Å². The summed E-state index contributed by atoms with van der Waals surface area (Å²) in [6, 6.07) is 0. The predicted molar refractivity (Wildman–Crippen MR) is 61.1 cm³/mol. The van der Waals surface area contributed by atoms with Crippen LogP contribution in [0.4, 0.5) is 0 Å². The summed E-state index contributed by atoms with van der Waals surface area (Å²) in [5, 5.41) is 6.40. The van der Waals surface area contributed by atoms with E-state index in [4.69, 9.17) is 0 Å². The largest absolute Gasteiger partial charge is 0.339 e. The molecule has 3 nitrogen and oxygen atoms in total. The molecule has 82 valence electrons. The molecule has 0 bridgehead atoms. The van der Waals surface area contributed by atoms with Crippen molar-refractivity contribution < 1.29 is 0 Å². The summed E-state index contributed by atoms with van der Waals surface area (Å²) >= 11 is 0. The zero-order chi connectivity index (χ0) is 10.8. The fourth-order valence-corrected chi connectivity index (χ4v) is 1.82. The summed E-state index contributed by atoms with van der Waals surface area (Å²) < 4.78 is 0. The van der Waals surface area contributed by atoms with Crippen LogP contribution >= 0.6 is 0 Å². The van der Waals surface area contributed by atoms with Gasteiger partial charge < -0.3 is 4.90 Å². The summed E-state index contributed by atoms with van der Waals surface area (Å²) in [4.78, 5) is 2.35. The molecule has 0 N–H and O–H groups in total. The van der Waals surface area contributed by atoms with E-state index >= 15 is 0 Å². The zero-order valence-corrected chi connectivity index (χ0v) is 10.1. The molecule has 0 aromatic heterocycles. The summed E-state index contributed by atoms with van der Waals surface area (Å²) in [6.45, 7) is 10.1. The Hall–Kier alpha value is -0.730. The van der Waals surface area contributed by atoms with Gasteiger partial charge in [-0.2, -0.15) is 5.10 Å². The van der Waals surface area contributed by atoms with Crippen molar-refractivity contribution in [3.8, 4) is 0 Å². The molecule has 3 heteroatoms. The Labute approximate surface area is 87.8 Å². The highest BCUT2D eigenvalue weighted by atomic mass is 15.6. The van der Waals surface area contributed by atoms with Gasteiger partial charge in [0, 0.05) is 13.6 Å². The van der Waals surface area contributed by atoms with Gasteiger partial charge in [-0.1, -0.05) is 34.1 Å². The van der Waals surface area contributed by atoms with Crippen LogP contribution in [0.2, 0.25) is 0 Å². The van der Waals surface area contributed by atoms with Crippen LogP contribution in [0.5, 0.6) is 0 Å². The maximum Gasteiger partial charge on any atom is 0.118 e. The first-order chi connectivity index (χ1) is 6.44. The maximum absolute atomic E-state index is 4.34. The van der Waals surface area contributed by atoms with Crippen molar-refractivity contribution >= 4 is 6.34 Å². The monoisotopic (exact) mass is 197 g/mol. The minimum Gasteiger partial charge on any atom is -0.339 e. The average molecular weight is 197 g/mol. The van der Waals surface area contributed by atoms with Gasteiger partial charge in [-0.25, -0.2) is 0 Å².